The van der Waals surface area contributed by atoms with Crippen LogP contribution in [0.3, 0.4) is 0 Å². The highest BCUT2D eigenvalue weighted by molar-refractivity contribution is 6.30. The van der Waals surface area contributed by atoms with Crippen LogP contribution in [0.2, 0.25) is 5.02 Å². The predicted octanol–water partition coefficient (Wildman–Crippen LogP) is 9.67. The Balaban J connectivity index is 1.28. The zero-order valence-electron chi connectivity index (χ0n) is 22.4. The Morgan fingerprint density at radius 2 is 1.60 bits per heavy atom. The van der Waals surface area contributed by atoms with Gasteiger partial charge in [0.2, 0.25) is 0 Å². The van der Waals surface area contributed by atoms with Gasteiger partial charge >= 0.3 is 0 Å². The maximum atomic E-state index is 7.42. The van der Waals surface area contributed by atoms with Gasteiger partial charge in [-0.25, -0.2) is 9.83 Å². The molecule has 5 aromatic rings. The summed E-state index contributed by atoms with van der Waals surface area (Å²) in [6.45, 7) is 7.82. The van der Waals surface area contributed by atoms with Crippen molar-refractivity contribution in [2.75, 3.05) is 7.11 Å². The van der Waals surface area contributed by atoms with Gasteiger partial charge in [0.1, 0.15) is 23.9 Å². The average molecular weight is 548 g/mol. The monoisotopic (exact) mass is 547 g/mol. The minimum absolute atomic E-state index is 0.397. The number of hydrogen-bond donors (Lipinski definition) is 0. The van der Waals surface area contributed by atoms with Gasteiger partial charge in [-0.2, -0.15) is 0 Å². The number of nitrogens with zero attached hydrogens (tertiary/aromatic N) is 3. The van der Waals surface area contributed by atoms with E-state index in [9.17, 15) is 0 Å². The standard InChI is InChI=1S/C34H30ClN3O2/c1-36-27-14-19-33-32(21-27)37-34(38(33)28-6-4-3-5-7-28)24-10-15-29(16-11-24)40-22-25-20-30(39-2)17-18-31(25)23-8-12-26(35)13-9-23/h8-21,28H,3-7,22H2,2H3. The maximum absolute atomic E-state index is 7.42. The summed E-state index contributed by atoms with van der Waals surface area (Å²) in [5.41, 5.74) is 6.82. The summed E-state index contributed by atoms with van der Waals surface area (Å²) in [5, 5.41) is 0.707. The molecule has 0 saturated heterocycles. The van der Waals surface area contributed by atoms with Crippen molar-refractivity contribution < 1.29 is 9.47 Å². The Morgan fingerprint density at radius 1 is 0.875 bits per heavy atom. The van der Waals surface area contributed by atoms with Crippen LogP contribution in [0.4, 0.5) is 5.69 Å². The van der Waals surface area contributed by atoms with Gasteiger partial charge in [-0.05, 0) is 84.6 Å². The molecule has 5 nitrogen and oxygen atoms in total. The van der Waals surface area contributed by atoms with E-state index in [0.717, 1.165) is 63.5 Å². The highest BCUT2D eigenvalue weighted by Gasteiger charge is 2.22. The zero-order valence-corrected chi connectivity index (χ0v) is 23.2. The van der Waals surface area contributed by atoms with E-state index >= 15 is 0 Å². The number of hydrogen-bond acceptors (Lipinski definition) is 3. The van der Waals surface area contributed by atoms with E-state index in [4.69, 9.17) is 32.6 Å². The molecule has 0 amide bonds. The van der Waals surface area contributed by atoms with Crippen LogP contribution in [0.15, 0.2) is 84.9 Å². The molecule has 200 valence electrons. The molecule has 0 aliphatic heterocycles. The average Bonchev–Trinajstić information content (AvgIpc) is 3.40. The van der Waals surface area contributed by atoms with E-state index in [0.29, 0.717) is 23.4 Å². The Morgan fingerprint density at radius 3 is 2.33 bits per heavy atom. The molecule has 4 aromatic carbocycles. The molecule has 6 heteroatoms. The Hall–Kier alpha value is -4.27. The third-order valence-corrected chi connectivity index (χ3v) is 7.97. The molecule has 0 N–H and O–H groups in total. The van der Waals surface area contributed by atoms with E-state index in [1.807, 2.05) is 60.7 Å². The SMILES string of the molecule is [C-]#[N+]c1ccc2c(c1)nc(-c1ccc(OCc3cc(OC)ccc3-c3ccc(Cl)cc3)cc1)n2C1CCCCC1. The molecule has 1 aliphatic rings. The third kappa shape index (κ3) is 5.28. The van der Waals surface area contributed by atoms with Crippen molar-refractivity contribution in [2.24, 2.45) is 0 Å². The molecule has 0 bridgehead atoms. The fourth-order valence-corrected chi connectivity index (χ4v) is 5.78. The molecular formula is C34H30ClN3O2. The maximum Gasteiger partial charge on any atom is 0.189 e. The molecule has 6 rings (SSSR count). The first-order chi connectivity index (χ1) is 19.6. The van der Waals surface area contributed by atoms with Gasteiger partial charge in [-0.3, -0.25) is 0 Å². The predicted molar refractivity (Wildman–Crippen MR) is 161 cm³/mol. The fraction of sp³-hybridized carbons (Fsp3) is 0.235. The van der Waals surface area contributed by atoms with Crippen molar-refractivity contribution in [3.63, 3.8) is 0 Å². The molecular weight excluding hydrogens is 518 g/mol. The molecule has 1 aliphatic carbocycles. The lowest BCUT2D eigenvalue weighted by molar-refractivity contribution is 0.306. The van der Waals surface area contributed by atoms with Crippen molar-refractivity contribution in [3.05, 3.63) is 107 Å². The topological polar surface area (TPSA) is 40.6 Å². The summed E-state index contributed by atoms with van der Waals surface area (Å²) in [4.78, 5) is 8.63. The first kappa shape index (κ1) is 26.0. The number of halogens is 1. The molecule has 0 spiro atoms. The Bertz CT molecular complexity index is 1680. The number of rotatable bonds is 7. The fourth-order valence-electron chi connectivity index (χ4n) is 5.66. The summed E-state index contributed by atoms with van der Waals surface area (Å²) in [7, 11) is 1.67. The van der Waals surface area contributed by atoms with Crippen molar-refractivity contribution in [1.29, 1.82) is 0 Å². The van der Waals surface area contributed by atoms with Crippen LogP contribution < -0.4 is 9.47 Å². The number of methoxy groups -OCH3 is 1. The smallest absolute Gasteiger partial charge is 0.189 e. The van der Waals surface area contributed by atoms with Gasteiger partial charge in [-0.15, -0.1) is 0 Å². The summed E-state index contributed by atoms with van der Waals surface area (Å²) < 4.78 is 14.1. The Kier molecular flexibility index (Phi) is 7.44. The molecule has 40 heavy (non-hydrogen) atoms. The van der Waals surface area contributed by atoms with Crippen LogP contribution in [0.25, 0.3) is 38.4 Å². The lowest BCUT2D eigenvalue weighted by atomic mass is 9.95. The molecule has 0 unspecified atom stereocenters. The van der Waals surface area contributed by atoms with Crippen molar-refractivity contribution in [3.8, 4) is 34.0 Å². The first-order valence-electron chi connectivity index (χ1n) is 13.7. The summed E-state index contributed by atoms with van der Waals surface area (Å²) in [6, 6.07) is 28.3. The van der Waals surface area contributed by atoms with Gasteiger partial charge in [0.15, 0.2) is 5.69 Å². The number of imidazole rings is 1. The number of aromatic nitrogens is 2. The van der Waals surface area contributed by atoms with E-state index in [2.05, 4.69) is 33.7 Å². The lowest BCUT2D eigenvalue weighted by Gasteiger charge is -2.25. The summed E-state index contributed by atoms with van der Waals surface area (Å²) in [5.74, 6) is 2.52. The van der Waals surface area contributed by atoms with Gasteiger partial charge in [0.05, 0.1) is 24.7 Å². The van der Waals surface area contributed by atoms with E-state index < -0.39 is 0 Å². The van der Waals surface area contributed by atoms with Crippen molar-refractivity contribution in [2.45, 2.75) is 44.8 Å². The van der Waals surface area contributed by atoms with Crippen molar-refractivity contribution >= 4 is 28.3 Å². The van der Waals surface area contributed by atoms with E-state index in [1.165, 1.54) is 19.3 Å². The van der Waals surface area contributed by atoms with Crippen LogP contribution in [-0.2, 0) is 6.61 Å². The van der Waals surface area contributed by atoms with Crippen molar-refractivity contribution in [1.82, 2.24) is 9.55 Å². The van der Waals surface area contributed by atoms with E-state index in [1.54, 1.807) is 7.11 Å². The van der Waals surface area contributed by atoms with Gasteiger partial charge < -0.3 is 14.0 Å². The molecule has 0 radical (unpaired) electrons. The van der Waals surface area contributed by atoms with Gasteiger partial charge in [0, 0.05) is 22.2 Å². The van der Waals surface area contributed by atoms with Crippen LogP contribution in [0.1, 0.15) is 43.7 Å². The highest BCUT2D eigenvalue weighted by Crippen LogP contribution is 2.37. The quantitative estimate of drug-likeness (QED) is 0.190. The second-order valence-corrected chi connectivity index (χ2v) is 10.7. The first-order valence-corrected chi connectivity index (χ1v) is 14.1. The highest BCUT2D eigenvalue weighted by atomic mass is 35.5. The second kappa shape index (κ2) is 11.5. The van der Waals surface area contributed by atoms with E-state index in [-0.39, 0.29) is 0 Å². The Labute approximate surface area is 239 Å². The molecule has 1 aromatic heterocycles. The zero-order chi connectivity index (χ0) is 27.5. The molecule has 0 atom stereocenters. The summed E-state index contributed by atoms with van der Waals surface area (Å²) >= 11 is 6.11. The van der Waals surface area contributed by atoms with Crippen LogP contribution >= 0.6 is 11.6 Å². The largest absolute Gasteiger partial charge is 0.497 e. The molecule has 1 heterocycles. The van der Waals surface area contributed by atoms with Gasteiger partial charge in [-0.1, -0.05) is 55.1 Å². The van der Waals surface area contributed by atoms with Crippen LogP contribution in [-0.4, -0.2) is 16.7 Å². The second-order valence-electron chi connectivity index (χ2n) is 10.2. The van der Waals surface area contributed by atoms with Crippen LogP contribution in [0.5, 0.6) is 11.5 Å². The van der Waals surface area contributed by atoms with Gasteiger partial charge in [0.25, 0.3) is 0 Å². The minimum atomic E-state index is 0.397. The molecule has 1 fully saturated rings. The third-order valence-electron chi connectivity index (χ3n) is 7.72. The number of fused-ring (bicyclic) bond motifs is 1. The van der Waals surface area contributed by atoms with Crippen LogP contribution in [0, 0.1) is 6.57 Å². The molecule has 1 saturated carbocycles. The lowest BCUT2D eigenvalue weighted by Crippen LogP contribution is -2.13. The number of ether oxygens (including phenoxy) is 2. The minimum Gasteiger partial charge on any atom is -0.497 e. The summed E-state index contributed by atoms with van der Waals surface area (Å²) in [6.07, 6.45) is 6.07. The normalized spacial score (nSPS) is 13.7. The number of benzene rings is 4.